The van der Waals surface area contributed by atoms with Crippen LogP contribution in [-0.2, 0) is 25.5 Å². The Morgan fingerprint density at radius 3 is 2.58 bits per heavy atom. The number of aliphatic carboxylic acids is 1. The molecule has 3 unspecified atom stereocenters. The maximum Gasteiger partial charge on any atom is 0.507 e. The molecule has 0 bridgehead atoms. The summed E-state index contributed by atoms with van der Waals surface area (Å²) in [5, 5.41) is 23.8. The molecule has 3 atom stereocenters. The van der Waals surface area contributed by atoms with Crippen molar-refractivity contribution in [1.82, 2.24) is 15.3 Å². The molecule has 31 heavy (non-hydrogen) atoms. The van der Waals surface area contributed by atoms with E-state index in [1.165, 1.54) is 5.01 Å². The fourth-order valence-electron chi connectivity index (χ4n) is 4.04. The first-order chi connectivity index (χ1) is 14.9. The maximum atomic E-state index is 13.2. The Morgan fingerprint density at radius 1 is 1.16 bits per heavy atom. The number of benzene rings is 1. The number of carbonyl (C=O) groups excluding carboxylic acids is 2. The number of hydrazine groups is 1. The first-order valence-corrected chi connectivity index (χ1v) is 10.4. The van der Waals surface area contributed by atoms with Gasteiger partial charge in [-0.15, -0.1) is 0 Å². The summed E-state index contributed by atoms with van der Waals surface area (Å²) in [6, 6.07) is 7.80. The molecule has 2 amide bonds. The van der Waals surface area contributed by atoms with E-state index in [2.05, 4.69) is 5.32 Å². The minimum Gasteiger partial charge on any atom is -0.480 e. The summed E-state index contributed by atoms with van der Waals surface area (Å²) in [6.45, 7) is 0.288. The van der Waals surface area contributed by atoms with Gasteiger partial charge in [-0.2, -0.15) is 0 Å². The first-order valence-electron chi connectivity index (χ1n) is 10.4. The zero-order valence-electron chi connectivity index (χ0n) is 17.1. The van der Waals surface area contributed by atoms with E-state index in [9.17, 15) is 24.3 Å². The second-order valence-electron chi connectivity index (χ2n) is 7.71. The van der Waals surface area contributed by atoms with Gasteiger partial charge in [-0.05, 0) is 37.7 Å². The van der Waals surface area contributed by atoms with Crippen molar-refractivity contribution in [3.05, 3.63) is 35.9 Å². The maximum absolute atomic E-state index is 13.2. The number of fused-ring (bicyclic) bond motifs is 1. The Labute approximate surface area is 179 Å². The second kappa shape index (κ2) is 10.3. The van der Waals surface area contributed by atoms with Gasteiger partial charge < -0.3 is 14.9 Å². The molecule has 2 saturated heterocycles. The van der Waals surface area contributed by atoms with Gasteiger partial charge in [-0.25, -0.2) is 14.8 Å². The fraction of sp³-hybridized carbons (Fsp3) is 0.524. The van der Waals surface area contributed by atoms with Gasteiger partial charge in [0.1, 0.15) is 6.04 Å². The highest BCUT2D eigenvalue weighted by Gasteiger charge is 2.44. The largest absolute Gasteiger partial charge is 0.507 e. The van der Waals surface area contributed by atoms with Crippen molar-refractivity contribution < 1.29 is 34.1 Å². The van der Waals surface area contributed by atoms with Crippen LogP contribution in [0, 0.1) is 0 Å². The highest BCUT2D eigenvalue weighted by molar-refractivity contribution is 5.89. The van der Waals surface area contributed by atoms with Crippen LogP contribution in [0.1, 0.15) is 44.1 Å². The molecule has 10 heteroatoms. The quantitative estimate of drug-likeness (QED) is 0.526. The average molecular weight is 433 g/mol. The van der Waals surface area contributed by atoms with Gasteiger partial charge in [-0.1, -0.05) is 30.3 Å². The summed E-state index contributed by atoms with van der Waals surface area (Å²) in [6.07, 6.45) is -0.0659. The molecule has 0 aromatic heterocycles. The van der Waals surface area contributed by atoms with E-state index in [1.54, 1.807) is 0 Å². The zero-order chi connectivity index (χ0) is 22.4. The summed E-state index contributed by atoms with van der Waals surface area (Å²) >= 11 is 0. The molecule has 0 saturated carbocycles. The number of amides is 2. The highest BCUT2D eigenvalue weighted by atomic mass is 16.7. The lowest BCUT2D eigenvalue weighted by molar-refractivity contribution is -0.196. The van der Waals surface area contributed by atoms with Crippen LogP contribution >= 0.6 is 0 Å². The summed E-state index contributed by atoms with van der Waals surface area (Å²) in [4.78, 5) is 48.5. The van der Waals surface area contributed by atoms with Crippen LogP contribution in [0.25, 0.3) is 0 Å². The summed E-state index contributed by atoms with van der Waals surface area (Å²) in [5.74, 6) is -1.94. The topological polar surface area (TPSA) is 136 Å². The number of hydrogen-bond acceptors (Lipinski definition) is 6. The van der Waals surface area contributed by atoms with Gasteiger partial charge in [0.15, 0.2) is 6.23 Å². The Balaban J connectivity index is 1.69. The van der Waals surface area contributed by atoms with Gasteiger partial charge in [0.2, 0.25) is 5.91 Å². The molecule has 2 aliphatic heterocycles. The second-order valence-corrected chi connectivity index (χ2v) is 7.71. The summed E-state index contributed by atoms with van der Waals surface area (Å²) < 4.78 is 4.83. The molecule has 0 radical (unpaired) electrons. The SMILES string of the molecule is O=C(O)OC1CCCN2C(=O)CCC(NC(CCCc3ccccc3)C(=O)O)C(=O)N12. The fourth-order valence-corrected chi connectivity index (χ4v) is 4.04. The third-order valence-corrected chi connectivity index (χ3v) is 5.55. The van der Waals surface area contributed by atoms with Gasteiger partial charge in [0.25, 0.3) is 5.91 Å². The predicted molar refractivity (Wildman–Crippen MR) is 108 cm³/mol. The van der Waals surface area contributed by atoms with Crippen molar-refractivity contribution in [3.63, 3.8) is 0 Å². The molecule has 0 spiro atoms. The van der Waals surface area contributed by atoms with Crippen LogP contribution in [0.4, 0.5) is 4.79 Å². The van der Waals surface area contributed by atoms with Crippen LogP contribution < -0.4 is 5.32 Å². The predicted octanol–water partition coefficient (Wildman–Crippen LogP) is 1.60. The van der Waals surface area contributed by atoms with E-state index in [-0.39, 0.29) is 31.7 Å². The van der Waals surface area contributed by atoms with Crippen LogP contribution in [-0.4, -0.2) is 69.0 Å². The molecule has 0 aliphatic carbocycles. The molecule has 2 aliphatic rings. The van der Waals surface area contributed by atoms with Crippen LogP contribution in [0.3, 0.4) is 0 Å². The Hall–Kier alpha value is -3.14. The van der Waals surface area contributed by atoms with E-state index in [1.807, 2.05) is 30.3 Å². The average Bonchev–Trinajstić information content (AvgIpc) is 2.85. The number of carboxylic acid groups (broad SMARTS) is 2. The number of rotatable bonds is 8. The van der Waals surface area contributed by atoms with Gasteiger partial charge in [0, 0.05) is 19.4 Å². The smallest absolute Gasteiger partial charge is 0.480 e. The van der Waals surface area contributed by atoms with E-state index in [4.69, 9.17) is 9.84 Å². The monoisotopic (exact) mass is 433 g/mol. The van der Waals surface area contributed by atoms with E-state index in [0.717, 1.165) is 10.6 Å². The normalized spacial score (nSPS) is 22.5. The number of carbonyl (C=O) groups is 4. The van der Waals surface area contributed by atoms with Crippen molar-refractivity contribution >= 4 is 23.9 Å². The van der Waals surface area contributed by atoms with Crippen LogP contribution in [0.2, 0.25) is 0 Å². The summed E-state index contributed by atoms with van der Waals surface area (Å²) in [5.41, 5.74) is 1.10. The van der Waals surface area contributed by atoms with Gasteiger partial charge in [0.05, 0.1) is 6.04 Å². The minimum atomic E-state index is -1.54. The van der Waals surface area contributed by atoms with Gasteiger partial charge >= 0.3 is 12.1 Å². The number of aryl methyl sites for hydroxylation is 1. The molecule has 3 rings (SSSR count). The van der Waals surface area contributed by atoms with Crippen LogP contribution in [0.15, 0.2) is 30.3 Å². The number of ether oxygens (including phenoxy) is 1. The Bertz CT molecular complexity index is 816. The molecule has 168 valence electrons. The van der Waals surface area contributed by atoms with Crippen molar-refractivity contribution in [2.45, 2.75) is 63.3 Å². The molecule has 2 fully saturated rings. The van der Waals surface area contributed by atoms with E-state index >= 15 is 0 Å². The van der Waals surface area contributed by atoms with Gasteiger partial charge in [-0.3, -0.25) is 19.7 Å². The number of hydrogen-bond donors (Lipinski definition) is 3. The molecular formula is C21H27N3O7. The molecule has 1 aromatic carbocycles. The van der Waals surface area contributed by atoms with Crippen molar-refractivity contribution in [3.8, 4) is 0 Å². The third-order valence-electron chi connectivity index (χ3n) is 5.55. The molecular weight excluding hydrogens is 406 g/mol. The lowest BCUT2D eigenvalue weighted by Gasteiger charge is -2.42. The Kier molecular flexibility index (Phi) is 7.45. The number of nitrogens with zero attached hydrogens (tertiary/aromatic N) is 2. The van der Waals surface area contributed by atoms with Crippen molar-refractivity contribution in [2.75, 3.05) is 6.54 Å². The molecule has 1 aromatic rings. The molecule has 2 heterocycles. The number of carboxylic acids is 1. The van der Waals surface area contributed by atoms with Crippen LogP contribution in [0.5, 0.6) is 0 Å². The third kappa shape index (κ3) is 5.72. The van der Waals surface area contributed by atoms with E-state index in [0.29, 0.717) is 25.7 Å². The lowest BCUT2D eigenvalue weighted by Crippen LogP contribution is -2.61. The number of nitrogens with one attached hydrogen (secondary N) is 1. The van der Waals surface area contributed by atoms with Crippen molar-refractivity contribution in [1.29, 1.82) is 0 Å². The van der Waals surface area contributed by atoms with Crippen molar-refractivity contribution in [2.24, 2.45) is 0 Å². The standard InChI is InChI=1S/C21H27N3O7/c25-17-12-11-15(19(26)24-18(31-21(29)30)10-5-13-23(17)24)22-16(20(27)28)9-4-8-14-6-2-1-3-7-14/h1-3,6-7,15-16,18,22H,4-5,8-13H2,(H,27,28)(H,29,30). The zero-order valence-corrected chi connectivity index (χ0v) is 17.1. The van der Waals surface area contributed by atoms with E-state index < -0.39 is 36.3 Å². The highest BCUT2D eigenvalue weighted by Crippen LogP contribution is 2.26. The first kappa shape index (κ1) is 22.5. The minimum absolute atomic E-state index is 0.0516. The molecule has 10 nitrogen and oxygen atoms in total. The summed E-state index contributed by atoms with van der Waals surface area (Å²) in [7, 11) is 0. The Morgan fingerprint density at radius 2 is 1.90 bits per heavy atom. The lowest BCUT2D eigenvalue weighted by atomic mass is 10.0. The molecule has 3 N–H and O–H groups in total.